The first-order valence-electron chi connectivity index (χ1n) is 10.1. The van der Waals surface area contributed by atoms with Crippen LogP contribution in [0.2, 0.25) is 0 Å². The SMILES string of the molecule is FC(F)(F)c1ccc(-c2c[nH]c3ccc(-c4cncc(N5CCNCC5)n4)cc23)cc1. The lowest BCUT2D eigenvalue weighted by molar-refractivity contribution is -0.137. The highest BCUT2D eigenvalue weighted by atomic mass is 19.4. The number of H-pyrrole nitrogens is 1. The second kappa shape index (κ2) is 7.70. The number of nitrogens with one attached hydrogen (secondary N) is 2. The van der Waals surface area contributed by atoms with E-state index in [1.807, 2.05) is 24.4 Å². The van der Waals surface area contributed by atoms with E-state index < -0.39 is 11.7 Å². The lowest BCUT2D eigenvalue weighted by Crippen LogP contribution is -2.43. The maximum absolute atomic E-state index is 12.9. The third-order valence-corrected chi connectivity index (χ3v) is 5.56. The standard InChI is InChI=1S/C23H20F3N5/c24-23(25,26)17-4-1-15(2-5-17)19-12-29-20-6-3-16(11-18(19)20)21-13-28-14-22(30-21)31-9-7-27-8-10-31/h1-6,11-14,27,29H,7-10H2. The summed E-state index contributed by atoms with van der Waals surface area (Å²) >= 11 is 0. The Labute approximate surface area is 177 Å². The molecular weight excluding hydrogens is 403 g/mol. The van der Waals surface area contributed by atoms with Crippen LogP contribution >= 0.6 is 0 Å². The van der Waals surface area contributed by atoms with Crippen LogP contribution in [-0.2, 0) is 6.18 Å². The van der Waals surface area contributed by atoms with Gasteiger partial charge in [-0.15, -0.1) is 0 Å². The van der Waals surface area contributed by atoms with Gasteiger partial charge in [0.25, 0.3) is 0 Å². The van der Waals surface area contributed by atoms with Crippen molar-refractivity contribution < 1.29 is 13.2 Å². The minimum atomic E-state index is -4.35. The van der Waals surface area contributed by atoms with Crippen LogP contribution < -0.4 is 10.2 Å². The highest BCUT2D eigenvalue weighted by Crippen LogP contribution is 2.34. The zero-order chi connectivity index (χ0) is 21.4. The smallest absolute Gasteiger partial charge is 0.361 e. The molecule has 2 aromatic heterocycles. The van der Waals surface area contributed by atoms with Crippen LogP contribution in [0.3, 0.4) is 0 Å². The highest BCUT2D eigenvalue weighted by Gasteiger charge is 2.30. The molecule has 158 valence electrons. The van der Waals surface area contributed by atoms with E-state index in [4.69, 9.17) is 4.98 Å². The number of aromatic amines is 1. The van der Waals surface area contributed by atoms with Crippen molar-refractivity contribution in [2.75, 3.05) is 31.1 Å². The Bertz CT molecular complexity index is 1210. The number of benzene rings is 2. The summed E-state index contributed by atoms with van der Waals surface area (Å²) in [4.78, 5) is 14.6. The maximum Gasteiger partial charge on any atom is 0.416 e. The Morgan fingerprint density at radius 2 is 1.65 bits per heavy atom. The first-order chi connectivity index (χ1) is 15.0. The monoisotopic (exact) mass is 423 g/mol. The highest BCUT2D eigenvalue weighted by molar-refractivity contribution is 5.97. The molecule has 0 radical (unpaired) electrons. The summed E-state index contributed by atoms with van der Waals surface area (Å²) in [7, 11) is 0. The summed E-state index contributed by atoms with van der Waals surface area (Å²) in [5, 5.41) is 4.25. The lowest BCUT2D eigenvalue weighted by Gasteiger charge is -2.28. The Hall–Kier alpha value is -3.39. The fraction of sp³-hybridized carbons (Fsp3) is 0.217. The average molecular weight is 423 g/mol. The zero-order valence-electron chi connectivity index (χ0n) is 16.6. The molecule has 1 aliphatic rings. The molecule has 2 N–H and O–H groups in total. The molecule has 3 heterocycles. The van der Waals surface area contributed by atoms with Gasteiger partial charge in [0.15, 0.2) is 0 Å². The topological polar surface area (TPSA) is 56.8 Å². The summed E-state index contributed by atoms with van der Waals surface area (Å²) in [6.45, 7) is 3.59. The number of anilines is 1. The summed E-state index contributed by atoms with van der Waals surface area (Å²) in [6.07, 6.45) is 0.981. The first kappa shape index (κ1) is 19.6. The second-order valence-electron chi connectivity index (χ2n) is 7.54. The zero-order valence-corrected chi connectivity index (χ0v) is 16.6. The Morgan fingerprint density at radius 1 is 0.903 bits per heavy atom. The molecule has 1 fully saturated rings. The van der Waals surface area contributed by atoms with Crippen LogP contribution in [0, 0.1) is 0 Å². The van der Waals surface area contributed by atoms with Crippen LogP contribution in [0.15, 0.2) is 61.1 Å². The fourth-order valence-electron chi connectivity index (χ4n) is 3.90. The number of nitrogens with zero attached hydrogens (tertiary/aromatic N) is 3. The minimum Gasteiger partial charge on any atom is -0.361 e. The molecule has 5 nitrogen and oxygen atoms in total. The van der Waals surface area contributed by atoms with Crippen LogP contribution in [-0.4, -0.2) is 41.1 Å². The van der Waals surface area contributed by atoms with E-state index in [9.17, 15) is 13.2 Å². The van der Waals surface area contributed by atoms with Gasteiger partial charge in [-0.1, -0.05) is 18.2 Å². The molecular formula is C23H20F3N5. The van der Waals surface area contributed by atoms with E-state index >= 15 is 0 Å². The average Bonchev–Trinajstić information content (AvgIpc) is 3.22. The van der Waals surface area contributed by atoms with Gasteiger partial charge in [0, 0.05) is 54.4 Å². The minimum absolute atomic E-state index is 0.656. The number of fused-ring (bicyclic) bond motifs is 1. The Balaban J connectivity index is 1.51. The number of hydrogen-bond donors (Lipinski definition) is 2. The molecule has 5 rings (SSSR count). The first-order valence-corrected chi connectivity index (χ1v) is 10.1. The Morgan fingerprint density at radius 3 is 2.39 bits per heavy atom. The van der Waals surface area contributed by atoms with Crippen molar-refractivity contribution in [3.05, 3.63) is 66.6 Å². The van der Waals surface area contributed by atoms with Crippen LogP contribution in [0.4, 0.5) is 19.0 Å². The van der Waals surface area contributed by atoms with Crippen molar-refractivity contribution in [3.63, 3.8) is 0 Å². The molecule has 1 saturated heterocycles. The quantitative estimate of drug-likeness (QED) is 0.501. The van der Waals surface area contributed by atoms with Crippen molar-refractivity contribution in [1.82, 2.24) is 20.3 Å². The summed E-state index contributed by atoms with van der Waals surface area (Å²) in [5.74, 6) is 0.844. The molecule has 0 aliphatic carbocycles. The molecule has 0 saturated carbocycles. The van der Waals surface area contributed by atoms with Gasteiger partial charge in [-0.2, -0.15) is 13.2 Å². The second-order valence-corrected chi connectivity index (χ2v) is 7.54. The molecule has 2 aromatic carbocycles. The van der Waals surface area contributed by atoms with Crippen molar-refractivity contribution >= 4 is 16.7 Å². The molecule has 0 spiro atoms. The third kappa shape index (κ3) is 3.86. The molecule has 1 aliphatic heterocycles. The van der Waals surface area contributed by atoms with Crippen LogP contribution in [0.25, 0.3) is 33.3 Å². The van der Waals surface area contributed by atoms with Gasteiger partial charge in [0.05, 0.1) is 23.7 Å². The number of hydrogen-bond acceptors (Lipinski definition) is 4. The van der Waals surface area contributed by atoms with E-state index in [2.05, 4.69) is 20.2 Å². The van der Waals surface area contributed by atoms with Crippen molar-refractivity contribution in [2.45, 2.75) is 6.18 Å². The number of rotatable bonds is 3. The number of piperazine rings is 1. The van der Waals surface area contributed by atoms with E-state index in [1.54, 1.807) is 12.4 Å². The van der Waals surface area contributed by atoms with Crippen LogP contribution in [0.5, 0.6) is 0 Å². The number of aromatic nitrogens is 3. The molecule has 8 heteroatoms. The van der Waals surface area contributed by atoms with Gasteiger partial charge >= 0.3 is 6.18 Å². The summed E-state index contributed by atoms with van der Waals surface area (Å²) in [6, 6.07) is 11.2. The lowest BCUT2D eigenvalue weighted by atomic mass is 10.0. The van der Waals surface area contributed by atoms with Crippen molar-refractivity contribution in [2.24, 2.45) is 0 Å². The molecule has 0 atom stereocenters. The number of alkyl halides is 3. The molecule has 0 unspecified atom stereocenters. The predicted molar refractivity (Wildman–Crippen MR) is 115 cm³/mol. The third-order valence-electron chi connectivity index (χ3n) is 5.56. The van der Waals surface area contributed by atoms with Gasteiger partial charge in [0.2, 0.25) is 0 Å². The van der Waals surface area contributed by atoms with Crippen LogP contribution in [0.1, 0.15) is 5.56 Å². The largest absolute Gasteiger partial charge is 0.416 e. The fourth-order valence-corrected chi connectivity index (χ4v) is 3.90. The van der Waals surface area contributed by atoms with Crippen molar-refractivity contribution in [1.29, 1.82) is 0 Å². The van der Waals surface area contributed by atoms with E-state index in [0.717, 1.165) is 77.4 Å². The van der Waals surface area contributed by atoms with Gasteiger partial charge < -0.3 is 15.2 Å². The molecule has 0 bridgehead atoms. The number of halogens is 3. The van der Waals surface area contributed by atoms with E-state index in [-0.39, 0.29) is 0 Å². The Kier molecular flexibility index (Phi) is 4.86. The maximum atomic E-state index is 12.9. The summed E-state index contributed by atoms with van der Waals surface area (Å²) in [5.41, 5.74) is 3.48. The molecule has 4 aromatic rings. The molecule has 0 amide bonds. The molecule has 31 heavy (non-hydrogen) atoms. The van der Waals surface area contributed by atoms with Crippen molar-refractivity contribution in [3.8, 4) is 22.4 Å². The van der Waals surface area contributed by atoms with E-state index in [0.29, 0.717) is 0 Å². The predicted octanol–water partition coefficient (Wildman–Crippen LogP) is 4.72. The van der Waals surface area contributed by atoms with Gasteiger partial charge in [0.1, 0.15) is 5.82 Å². The van der Waals surface area contributed by atoms with Gasteiger partial charge in [-0.25, -0.2) is 4.98 Å². The van der Waals surface area contributed by atoms with Gasteiger partial charge in [-0.3, -0.25) is 4.98 Å². The van der Waals surface area contributed by atoms with Gasteiger partial charge in [-0.05, 0) is 29.8 Å². The normalized spacial score (nSPS) is 14.9. The summed E-state index contributed by atoms with van der Waals surface area (Å²) < 4.78 is 38.7. The van der Waals surface area contributed by atoms with E-state index in [1.165, 1.54) is 12.1 Å².